The molecule has 0 fully saturated rings. The number of carbonyl (C=O) groups is 1. The van der Waals surface area contributed by atoms with Crippen molar-refractivity contribution in [3.05, 3.63) is 46.6 Å². The number of aliphatic hydroxyl groups excluding tert-OH is 2. The fourth-order valence-electron chi connectivity index (χ4n) is 2.19. The zero-order valence-electron chi connectivity index (χ0n) is 14.8. The molecule has 0 saturated carbocycles. The molecule has 0 aliphatic carbocycles. The van der Waals surface area contributed by atoms with E-state index in [1.54, 1.807) is 6.08 Å². The number of aliphatic hydroxyl groups is 2. The fourth-order valence-corrected chi connectivity index (χ4v) is 2.19. The van der Waals surface area contributed by atoms with Crippen molar-refractivity contribution in [3.8, 4) is 0 Å². The third kappa shape index (κ3) is 12.8. The molecule has 0 aromatic rings. The van der Waals surface area contributed by atoms with Crippen molar-refractivity contribution < 1.29 is 15.0 Å². The predicted octanol–water partition coefficient (Wildman–Crippen LogP) is 4.28. The summed E-state index contributed by atoms with van der Waals surface area (Å²) in [5.74, 6) is 0. The maximum atomic E-state index is 11.1. The molecule has 3 heteroatoms. The monoisotopic (exact) mass is 320 g/mol. The van der Waals surface area contributed by atoms with Crippen LogP contribution in [0, 0.1) is 0 Å². The number of hydrogen-bond acceptors (Lipinski definition) is 3. The smallest absolute Gasteiger partial charge is 0.145 e. The van der Waals surface area contributed by atoms with E-state index >= 15 is 0 Å². The largest absolute Gasteiger partial charge is 0.392 e. The lowest BCUT2D eigenvalue weighted by atomic mass is 10.0. The highest BCUT2D eigenvalue weighted by atomic mass is 16.3. The van der Waals surface area contributed by atoms with Crippen LogP contribution in [0.2, 0.25) is 0 Å². The quantitative estimate of drug-likeness (QED) is 0.321. The van der Waals surface area contributed by atoms with Crippen LogP contribution in [0.25, 0.3) is 0 Å². The van der Waals surface area contributed by atoms with Gasteiger partial charge in [-0.25, -0.2) is 0 Å². The van der Waals surface area contributed by atoms with E-state index in [0.717, 1.165) is 61.5 Å². The van der Waals surface area contributed by atoms with Gasteiger partial charge >= 0.3 is 0 Å². The van der Waals surface area contributed by atoms with Crippen molar-refractivity contribution in [1.82, 2.24) is 0 Å². The van der Waals surface area contributed by atoms with Crippen LogP contribution in [-0.2, 0) is 4.79 Å². The highest BCUT2D eigenvalue weighted by molar-refractivity contribution is 5.73. The summed E-state index contributed by atoms with van der Waals surface area (Å²) >= 11 is 0. The first kappa shape index (κ1) is 21.6. The number of hydrogen-bond donors (Lipinski definition) is 2. The van der Waals surface area contributed by atoms with Crippen molar-refractivity contribution in [3.63, 3.8) is 0 Å². The second-order valence-corrected chi connectivity index (χ2v) is 6.05. The van der Waals surface area contributed by atoms with E-state index in [-0.39, 0.29) is 13.2 Å². The number of carbonyl (C=O) groups excluding carboxylic acids is 1. The van der Waals surface area contributed by atoms with Gasteiger partial charge in [0.25, 0.3) is 0 Å². The van der Waals surface area contributed by atoms with Gasteiger partial charge in [0.1, 0.15) is 6.29 Å². The summed E-state index contributed by atoms with van der Waals surface area (Å²) in [6.45, 7) is 6.24. The lowest BCUT2D eigenvalue weighted by Crippen LogP contribution is -1.92. The van der Waals surface area contributed by atoms with E-state index in [0.29, 0.717) is 0 Å². The van der Waals surface area contributed by atoms with E-state index in [9.17, 15) is 9.90 Å². The Kier molecular flexibility index (Phi) is 13.3. The molecule has 0 rings (SSSR count). The van der Waals surface area contributed by atoms with E-state index in [4.69, 9.17) is 5.11 Å². The lowest BCUT2D eigenvalue weighted by Gasteiger charge is -2.04. The third-order valence-corrected chi connectivity index (χ3v) is 3.62. The van der Waals surface area contributed by atoms with Crippen LogP contribution in [0.15, 0.2) is 46.6 Å². The molecule has 0 unspecified atom stereocenters. The van der Waals surface area contributed by atoms with Crippen LogP contribution in [0.1, 0.15) is 59.3 Å². The normalized spacial score (nSPS) is 13.2. The van der Waals surface area contributed by atoms with Gasteiger partial charge in [-0.2, -0.15) is 0 Å². The minimum absolute atomic E-state index is 0.0603. The number of allylic oxidation sites excluding steroid dienone is 6. The molecule has 0 spiro atoms. The molecule has 0 aliphatic rings. The van der Waals surface area contributed by atoms with Gasteiger partial charge in [0.2, 0.25) is 0 Å². The Morgan fingerprint density at radius 1 is 0.826 bits per heavy atom. The molecular formula is C20H32O3. The SMILES string of the molecule is CC(C)=CCCC(C=O)=CCCC(=CCCC(C)=CCO)CO. The topological polar surface area (TPSA) is 57.5 Å². The van der Waals surface area contributed by atoms with Gasteiger partial charge in [-0.05, 0) is 70.4 Å². The van der Waals surface area contributed by atoms with Gasteiger partial charge in [-0.15, -0.1) is 0 Å². The highest BCUT2D eigenvalue weighted by Gasteiger charge is 1.98. The molecule has 0 atom stereocenters. The Hall–Kier alpha value is -1.45. The minimum Gasteiger partial charge on any atom is -0.392 e. The Bertz CT molecular complexity index is 450. The van der Waals surface area contributed by atoms with E-state index < -0.39 is 0 Å². The van der Waals surface area contributed by atoms with Crippen LogP contribution >= 0.6 is 0 Å². The molecular weight excluding hydrogens is 288 g/mol. The first-order valence-corrected chi connectivity index (χ1v) is 8.36. The summed E-state index contributed by atoms with van der Waals surface area (Å²) in [5, 5.41) is 18.2. The molecule has 0 aromatic carbocycles. The minimum atomic E-state index is 0.0603. The summed E-state index contributed by atoms with van der Waals surface area (Å²) in [7, 11) is 0. The molecule has 23 heavy (non-hydrogen) atoms. The summed E-state index contributed by atoms with van der Waals surface area (Å²) in [5.41, 5.74) is 4.27. The molecule has 0 heterocycles. The maximum absolute atomic E-state index is 11.1. The Morgan fingerprint density at radius 3 is 2.04 bits per heavy atom. The van der Waals surface area contributed by atoms with Gasteiger partial charge in [-0.1, -0.05) is 35.5 Å². The van der Waals surface area contributed by atoms with Crippen LogP contribution in [0.5, 0.6) is 0 Å². The first-order chi connectivity index (χ1) is 11.0. The van der Waals surface area contributed by atoms with Crippen LogP contribution in [-0.4, -0.2) is 29.7 Å². The first-order valence-electron chi connectivity index (χ1n) is 8.36. The molecule has 130 valence electrons. The maximum Gasteiger partial charge on any atom is 0.145 e. The molecule has 3 nitrogen and oxygen atoms in total. The summed E-state index contributed by atoms with van der Waals surface area (Å²) < 4.78 is 0. The molecule has 0 amide bonds. The average molecular weight is 320 g/mol. The molecule has 0 bridgehead atoms. The Labute approximate surface area is 141 Å². The number of aldehydes is 1. The zero-order valence-corrected chi connectivity index (χ0v) is 14.8. The molecule has 0 aliphatic heterocycles. The fraction of sp³-hybridized carbons (Fsp3) is 0.550. The zero-order chi connectivity index (χ0) is 17.5. The highest BCUT2D eigenvalue weighted by Crippen LogP contribution is 2.13. The van der Waals surface area contributed by atoms with Crippen molar-refractivity contribution in [2.75, 3.05) is 13.2 Å². The van der Waals surface area contributed by atoms with Crippen molar-refractivity contribution in [1.29, 1.82) is 0 Å². The summed E-state index contributed by atoms with van der Waals surface area (Å²) in [6, 6.07) is 0. The van der Waals surface area contributed by atoms with Gasteiger partial charge in [0.15, 0.2) is 0 Å². The van der Waals surface area contributed by atoms with Crippen molar-refractivity contribution in [2.45, 2.75) is 59.3 Å². The summed E-state index contributed by atoms with van der Waals surface area (Å²) in [4.78, 5) is 11.1. The van der Waals surface area contributed by atoms with Crippen LogP contribution in [0.4, 0.5) is 0 Å². The predicted molar refractivity (Wildman–Crippen MR) is 97.3 cm³/mol. The van der Waals surface area contributed by atoms with Crippen LogP contribution in [0.3, 0.4) is 0 Å². The van der Waals surface area contributed by atoms with Gasteiger partial charge in [0.05, 0.1) is 13.2 Å². The van der Waals surface area contributed by atoms with Gasteiger partial charge in [-0.3, -0.25) is 4.79 Å². The van der Waals surface area contributed by atoms with E-state index in [1.165, 1.54) is 5.57 Å². The molecule has 0 radical (unpaired) electrons. The third-order valence-electron chi connectivity index (χ3n) is 3.62. The molecule has 0 saturated heterocycles. The van der Waals surface area contributed by atoms with Crippen molar-refractivity contribution >= 4 is 6.29 Å². The second kappa shape index (κ2) is 14.2. The van der Waals surface area contributed by atoms with Gasteiger partial charge < -0.3 is 10.2 Å². The number of rotatable bonds is 12. The summed E-state index contributed by atoms with van der Waals surface area (Å²) in [6.07, 6.45) is 13.9. The van der Waals surface area contributed by atoms with Gasteiger partial charge in [0, 0.05) is 0 Å². The Balaban J connectivity index is 4.31. The lowest BCUT2D eigenvalue weighted by molar-refractivity contribution is -0.105. The standard InChI is InChI=1S/C20H32O3/c1-17(2)7-4-9-19(15-22)11-6-12-20(16-23)10-5-8-18(3)13-14-21/h7,10-11,13,15,21,23H,4-6,8-9,12,14,16H2,1-3H3. The van der Waals surface area contributed by atoms with E-state index in [2.05, 4.69) is 26.0 Å². The van der Waals surface area contributed by atoms with Crippen LogP contribution < -0.4 is 0 Å². The molecule has 2 N–H and O–H groups in total. The van der Waals surface area contributed by atoms with E-state index in [1.807, 2.05) is 13.0 Å². The average Bonchev–Trinajstić information content (AvgIpc) is 2.51. The second-order valence-electron chi connectivity index (χ2n) is 6.05. The molecule has 0 aromatic heterocycles. The Morgan fingerprint density at radius 2 is 1.48 bits per heavy atom. The van der Waals surface area contributed by atoms with Crippen molar-refractivity contribution in [2.24, 2.45) is 0 Å².